The molecule has 0 aliphatic carbocycles. The lowest BCUT2D eigenvalue weighted by Gasteiger charge is -2.21. The van der Waals surface area contributed by atoms with Crippen molar-refractivity contribution in [2.75, 3.05) is 39.6 Å². The Bertz CT molecular complexity index is 2030. The SMILES string of the molecule is CCCCCCCCCCCCCCCCCCCCCCC(=O)OC[C@H](COP(=O)(O)OC[C@@H](O)COP(=O)(O)OC[C@@H](COC(=O)CCCCCCCCCCCCC)OC(=O)CCCCCCCCCCCCCCCCCCC)OC(=O)CCCCCCCCCCCCCCCCCCCCCC. The number of phosphoric acid groups is 2. The fourth-order valence-corrected chi connectivity index (χ4v) is 15.6. The van der Waals surface area contributed by atoms with E-state index < -0.39 is 97.5 Å². The highest BCUT2D eigenvalue weighted by molar-refractivity contribution is 7.47. The number of aliphatic hydroxyl groups is 1. The molecule has 17 nitrogen and oxygen atoms in total. The quantitative estimate of drug-likeness (QED) is 0.0222. The molecule has 0 amide bonds. The molecule has 0 spiro atoms. The predicted octanol–water partition coefficient (Wildman–Crippen LogP) is 27.7. The van der Waals surface area contributed by atoms with E-state index in [9.17, 15) is 43.2 Å². The lowest BCUT2D eigenvalue weighted by Crippen LogP contribution is -2.30. The van der Waals surface area contributed by atoms with Crippen molar-refractivity contribution in [2.45, 2.75) is 508 Å². The molecule has 5 atom stereocenters. The van der Waals surface area contributed by atoms with E-state index in [1.807, 2.05) is 0 Å². The minimum atomic E-state index is -4.97. The standard InChI is InChI=1S/C89H174O17P2/c1-5-9-13-17-21-25-29-32-35-38-40-42-45-47-50-54-58-62-66-70-74-87(92)100-80-85(106-89(94)76-72-68-64-60-56-52-49-46-43-41-39-36-33-30-26-22-18-14-10-6-2)82-104-108(97,98)102-78-83(90)77-101-107(95,96)103-81-84(79-99-86(91)73-69-65-61-57-53-28-24-20-16-12-8-4)105-88(93)75-71-67-63-59-55-51-48-44-37-34-31-27-23-19-15-11-7-3/h83-85,90H,5-82H2,1-4H3,(H,95,96)(H,97,98)/t83-,84+,85+/m0/s1. The molecule has 2 unspecified atom stereocenters. The van der Waals surface area contributed by atoms with Crippen molar-refractivity contribution in [1.29, 1.82) is 0 Å². The van der Waals surface area contributed by atoms with Gasteiger partial charge < -0.3 is 33.8 Å². The molecular weight excluding hydrogens is 1400 g/mol. The van der Waals surface area contributed by atoms with Crippen molar-refractivity contribution in [3.05, 3.63) is 0 Å². The Hall–Kier alpha value is -1.94. The molecule has 0 aliphatic rings. The average molecular weight is 1580 g/mol. The van der Waals surface area contributed by atoms with Gasteiger partial charge in [-0.3, -0.25) is 37.3 Å². The molecule has 0 saturated heterocycles. The zero-order chi connectivity index (χ0) is 78.9. The molecule has 0 aromatic carbocycles. The summed E-state index contributed by atoms with van der Waals surface area (Å²) in [5.74, 6) is -2.09. The van der Waals surface area contributed by atoms with E-state index in [1.54, 1.807) is 0 Å². The van der Waals surface area contributed by atoms with Crippen LogP contribution in [0.4, 0.5) is 0 Å². The molecule has 0 radical (unpaired) electrons. The molecule has 0 saturated carbocycles. The Labute approximate surface area is 664 Å². The van der Waals surface area contributed by atoms with Crippen LogP contribution in [0.5, 0.6) is 0 Å². The van der Waals surface area contributed by atoms with Crippen molar-refractivity contribution in [1.82, 2.24) is 0 Å². The van der Waals surface area contributed by atoms with Crippen LogP contribution in [0.15, 0.2) is 0 Å². The van der Waals surface area contributed by atoms with Crippen LogP contribution in [0.25, 0.3) is 0 Å². The second-order valence-electron chi connectivity index (χ2n) is 32.0. The number of phosphoric ester groups is 2. The third-order valence-corrected chi connectivity index (χ3v) is 23.0. The van der Waals surface area contributed by atoms with Crippen LogP contribution >= 0.6 is 15.6 Å². The first-order valence-electron chi connectivity index (χ1n) is 46.3. The van der Waals surface area contributed by atoms with Gasteiger partial charge in [0.2, 0.25) is 0 Å². The van der Waals surface area contributed by atoms with Gasteiger partial charge in [-0.1, -0.05) is 439 Å². The summed E-state index contributed by atoms with van der Waals surface area (Å²) in [4.78, 5) is 73.3. The molecular formula is C89H174O17P2. The number of hydrogen-bond acceptors (Lipinski definition) is 15. The van der Waals surface area contributed by atoms with Crippen LogP contribution in [-0.2, 0) is 65.4 Å². The maximum atomic E-state index is 13.2. The van der Waals surface area contributed by atoms with Gasteiger partial charge in [-0.25, -0.2) is 9.13 Å². The van der Waals surface area contributed by atoms with Crippen molar-refractivity contribution in [3.8, 4) is 0 Å². The van der Waals surface area contributed by atoms with Crippen LogP contribution in [0, 0.1) is 0 Å². The fourth-order valence-electron chi connectivity index (χ4n) is 14.1. The molecule has 19 heteroatoms. The van der Waals surface area contributed by atoms with Crippen LogP contribution in [0.3, 0.4) is 0 Å². The van der Waals surface area contributed by atoms with Gasteiger partial charge in [0.15, 0.2) is 12.2 Å². The molecule has 0 aliphatic heterocycles. The number of esters is 4. The number of carbonyl (C=O) groups is 4. The van der Waals surface area contributed by atoms with Gasteiger partial charge in [0, 0.05) is 25.7 Å². The van der Waals surface area contributed by atoms with Crippen molar-refractivity contribution >= 4 is 39.5 Å². The third-order valence-electron chi connectivity index (χ3n) is 21.1. The molecule has 0 rings (SSSR count). The highest BCUT2D eigenvalue weighted by Crippen LogP contribution is 2.45. The van der Waals surface area contributed by atoms with E-state index >= 15 is 0 Å². The number of unbranched alkanes of at least 4 members (excludes halogenated alkanes) is 64. The summed E-state index contributed by atoms with van der Waals surface area (Å²) in [6.07, 6.45) is 79.2. The van der Waals surface area contributed by atoms with Gasteiger partial charge in [-0.2, -0.15) is 0 Å². The Balaban J connectivity index is 5.23. The highest BCUT2D eigenvalue weighted by Gasteiger charge is 2.30. The molecule has 108 heavy (non-hydrogen) atoms. The Kier molecular flexibility index (Phi) is 81.5. The lowest BCUT2D eigenvalue weighted by atomic mass is 10.0. The average Bonchev–Trinajstić information content (AvgIpc) is 0.936. The summed E-state index contributed by atoms with van der Waals surface area (Å²) in [7, 11) is -9.93. The molecule has 0 bridgehead atoms. The van der Waals surface area contributed by atoms with E-state index in [4.69, 9.17) is 37.0 Å². The Morgan fingerprint density at radius 1 is 0.222 bits per heavy atom. The van der Waals surface area contributed by atoms with Gasteiger partial charge in [0.05, 0.1) is 26.4 Å². The summed E-state index contributed by atoms with van der Waals surface area (Å²) in [5, 5.41) is 10.7. The molecule has 3 N–H and O–H groups in total. The molecule has 0 aromatic heterocycles. The van der Waals surface area contributed by atoms with Crippen molar-refractivity contribution < 1.29 is 80.2 Å². The predicted molar refractivity (Wildman–Crippen MR) is 446 cm³/mol. The minimum Gasteiger partial charge on any atom is -0.462 e. The van der Waals surface area contributed by atoms with E-state index in [1.165, 1.54) is 321 Å². The van der Waals surface area contributed by atoms with E-state index in [0.29, 0.717) is 25.7 Å². The second kappa shape index (κ2) is 83.0. The number of carbonyl (C=O) groups excluding carboxylic acids is 4. The molecule has 0 heterocycles. The second-order valence-corrected chi connectivity index (χ2v) is 34.9. The normalized spacial score (nSPS) is 13.7. The van der Waals surface area contributed by atoms with Gasteiger partial charge in [0.1, 0.15) is 19.3 Å². The van der Waals surface area contributed by atoms with Gasteiger partial charge in [-0.15, -0.1) is 0 Å². The smallest absolute Gasteiger partial charge is 0.462 e. The third kappa shape index (κ3) is 82.1. The van der Waals surface area contributed by atoms with Crippen molar-refractivity contribution in [2.24, 2.45) is 0 Å². The van der Waals surface area contributed by atoms with Gasteiger partial charge in [-0.05, 0) is 25.7 Å². The maximum absolute atomic E-state index is 13.2. The lowest BCUT2D eigenvalue weighted by molar-refractivity contribution is -0.161. The Morgan fingerprint density at radius 3 is 0.546 bits per heavy atom. The summed E-state index contributed by atoms with van der Waals surface area (Å²) < 4.78 is 69.0. The maximum Gasteiger partial charge on any atom is 0.472 e. The summed E-state index contributed by atoms with van der Waals surface area (Å²) in [5.41, 5.74) is 0. The van der Waals surface area contributed by atoms with Crippen LogP contribution in [0.1, 0.15) is 490 Å². The van der Waals surface area contributed by atoms with Crippen LogP contribution < -0.4 is 0 Å². The summed E-state index contributed by atoms with van der Waals surface area (Å²) >= 11 is 0. The van der Waals surface area contributed by atoms with Crippen LogP contribution in [0.2, 0.25) is 0 Å². The number of ether oxygens (including phenoxy) is 4. The Morgan fingerprint density at radius 2 is 0.370 bits per heavy atom. The first-order chi connectivity index (χ1) is 52.7. The number of rotatable bonds is 90. The molecule has 642 valence electrons. The highest BCUT2D eigenvalue weighted by atomic mass is 31.2. The molecule has 0 aromatic rings. The minimum absolute atomic E-state index is 0.109. The zero-order valence-electron chi connectivity index (χ0n) is 70.8. The van der Waals surface area contributed by atoms with Crippen molar-refractivity contribution in [3.63, 3.8) is 0 Å². The van der Waals surface area contributed by atoms with Gasteiger partial charge in [0.25, 0.3) is 0 Å². The molecule has 0 fully saturated rings. The van der Waals surface area contributed by atoms with E-state index in [-0.39, 0.29) is 25.7 Å². The summed E-state index contributed by atoms with van der Waals surface area (Å²) in [6.45, 7) is 5.08. The van der Waals surface area contributed by atoms with Gasteiger partial charge >= 0.3 is 39.5 Å². The fraction of sp³-hybridized carbons (Fsp3) is 0.955. The number of hydrogen-bond donors (Lipinski definition) is 3. The first kappa shape index (κ1) is 106. The van der Waals surface area contributed by atoms with E-state index in [2.05, 4.69) is 27.7 Å². The van der Waals surface area contributed by atoms with Crippen LogP contribution in [-0.4, -0.2) is 96.7 Å². The zero-order valence-corrected chi connectivity index (χ0v) is 72.6. The monoisotopic (exact) mass is 1580 g/mol. The largest absolute Gasteiger partial charge is 0.472 e. The summed E-state index contributed by atoms with van der Waals surface area (Å²) in [6, 6.07) is 0. The van der Waals surface area contributed by atoms with E-state index in [0.717, 1.165) is 89.9 Å². The first-order valence-corrected chi connectivity index (χ1v) is 49.3. The number of aliphatic hydroxyl groups excluding tert-OH is 1. The topological polar surface area (TPSA) is 237 Å².